The van der Waals surface area contributed by atoms with E-state index in [0.717, 1.165) is 60.9 Å². The number of hydrogen-bond acceptors (Lipinski definition) is 5. The number of methoxy groups -OCH3 is 1. The molecular weight excluding hydrogens is 487 g/mol. The summed E-state index contributed by atoms with van der Waals surface area (Å²) in [6.07, 6.45) is 0.841. The monoisotopic (exact) mass is 519 g/mol. The predicted octanol–water partition coefficient (Wildman–Crippen LogP) is 6.80. The molecule has 0 saturated carbocycles. The summed E-state index contributed by atoms with van der Waals surface area (Å²) in [5, 5.41) is 0. The molecule has 1 saturated heterocycles. The highest BCUT2D eigenvalue weighted by Crippen LogP contribution is 2.37. The third-order valence-corrected chi connectivity index (χ3v) is 6.72. The van der Waals surface area contributed by atoms with Gasteiger partial charge < -0.3 is 23.7 Å². The number of pyridine rings is 1. The second kappa shape index (κ2) is 10.9. The maximum Gasteiger partial charge on any atom is 0.573 e. The largest absolute Gasteiger partial charge is 0.573 e. The maximum absolute atomic E-state index is 12.7. The van der Waals surface area contributed by atoms with Crippen molar-refractivity contribution in [2.45, 2.75) is 58.9 Å². The van der Waals surface area contributed by atoms with Gasteiger partial charge in [-0.3, -0.25) is 0 Å². The number of nitrogens with zero attached hydrogens (tertiary/aromatic N) is 3. The lowest BCUT2D eigenvalue weighted by atomic mass is 10.0. The van der Waals surface area contributed by atoms with Crippen LogP contribution in [0.4, 0.5) is 18.0 Å². The molecule has 37 heavy (non-hydrogen) atoms. The van der Waals surface area contributed by atoms with Crippen LogP contribution in [0.2, 0.25) is 0 Å². The molecule has 0 spiro atoms. The van der Waals surface area contributed by atoms with Gasteiger partial charge in [0.25, 0.3) is 0 Å². The van der Waals surface area contributed by atoms with Gasteiger partial charge in [0.1, 0.15) is 18.1 Å². The van der Waals surface area contributed by atoms with Crippen LogP contribution in [0.1, 0.15) is 49.8 Å². The van der Waals surface area contributed by atoms with Crippen molar-refractivity contribution in [2.75, 3.05) is 26.8 Å². The third kappa shape index (κ3) is 5.94. The van der Waals surface area contributed by atoms with Crippen LogP contribution in [0.15, 0.2) is 30.5 Å². The number of benzene rings is 1. The molecule has 3 aromatic rings. The number of amides is 1. The zero-order valence-electron chi connectivity index (χ0n) is 21.5. The number of likely N-dealkylation sites (tertiary alicyclic amines) is 1. The minimum atomic E-state index is -4.79. The van der Waals surface area contributed by atoms with Gasteiger partial charge in [-0.05, 0) is 68.9 Å². The van der Waals surface area contributed by atoms with Crippen LogP contribution in [-0.2, 0) is 4.74 Å². The summed E-state index contributed by atoms with van der Waals surface area (Å²) in [5.74, 6) is -0.135. The summed E-state index contributed by atoms with van der Waals surface area (Å²) in [6.45, 7) is 7.62. The molecule has 1 aliphatic heterocycles. The Kier molecular flexibility index (Phi) is 7.85. The van der Waals surface area contributed by atoms with Gasteiger partial charge in [0.05, 0.1) is 29.9 Å². The minimum absolute atomic E-state index is 0.0645. The second-order valence-corrected chi connectivity index (χ2v) is 9.34. The molecular formula is C27H32F3N3O4. The molecule has 1 amide bonds. The summed E-state index contributed by atoms with van der Waals surface area (Å²) in [4.78, 5) is 19.2. The summed E-state index contributed by atoms with van der Waals surface area (Å²) >= 11 is 0. The fourth-order valence-electron chi connectivity index (χ4n) is 4.79. The maximum atomic E-state index is 12.7. The fraction of sp³-hybridized carbons (Fsp3) is 0.481. The topological polar surface area (TPSA) is 65.8 Å². The van der Waals surface area contributed by atoms with Crippen molar-refractivity contribution in [3.63, 3.8) is 0 Å². The van der Waals surface area contributed by atoms with Crippen LogP contribution in [0.25, 0.3) is 22.3 Å². The van der Waals surface area contributed by atoms with Crippen LogP contribution in [0.3, 0.4) is 0 Å². The van der Waals surface area contributed by atoms with E-state index in [1.54, 1.807) is 4.90 Å². The van der Waals surface area contributed by atoms with E-state index in [1.165, 1.54) is 25.3 Å². The Balaban J connectivity index is 1.63. The Labute approximate surface area is 214 Å². The Morgan fingerprint density at radius 1 is 1.11 bits per heavy atom. The van der Waals surface area contributed by atoms with Crippen molar-refractivity contribution in [1.82, 2.24) is 14.5 Å². The summed E-state index contributed by atoms with van der Waals surface area (Å²) in [6, 6.07) is 5.90. The number of ether oxygens (including phenoxy) is 3. The van der Waals surface area contributed by atoms with Crippen molar-refractivity contribution in [1.29, 1.82) is 0 Å². The zero-order chi connectivity index (χ0) is 26.7. The first-order valence-electron chi connectivity index (χ1n) is 12.5. The van der Waals surface area contributed by atoms with E-state index >= 15 is 0 Å². The molecule has 0 unspecified atom stereocenters. The van der Waals surface area contributed by atoms with Crippen molar-refractivity contribution >= 4 is 17.1 Å². The van der Waals surface area contributed by atoms with E-state index in [0.29, 0.717) is 11.3 Å². The zero-order valence-corrected chi connectivity index (χ0v) is 21.5. The highest BCUT2D eigenvalue weighted by atomic mass is 19.4. The quantitative estimate of drug-likeness (QED) is 0.343. The van der Waals surface area contributed by atoms with Gasteiger partial charge in [-0.15, -0.1) is 13.2 Å². The van der Waals surface area contributed by atoms with Crippen molar-refractivity contribution in [3.05, 3.63) is 41.6 Å². The summed E-state index contributed by atoms with van der Waals surface area (Å²) in [7, 11) is 1.39. The van der Waals surface area contributed by atoms with Crippen LogP contribution < -0.4 is 9.47 Å². The van der Waals surface area contributed by atoms with Gasteiger partial charge in [0, 0.05) is 30.9 Å². The third-order valence-electron chi connectivity index (χ3n) is 6.72. The normalized spacial score (nSPS) is 15.1. The van der Waals surface area contributed by atoms with E-state index in [-0.39, 0.29) is 30.2 Å². The lowest BCUT2D eigenvalue weighted by Crippen LogP contribution is -2.36. The molecule has 2 aromatic heterocycles. The summed E-state index contributed by atoms with van der Waals surface area (Å²) < 4.78 is 55.2. The number of piperidine rings is 1. The molecule has 3 heterocycles. The van der Waals surface area contributed by atoms with Crippen molar-refractivity contribution < 1.29 is 32.2 Å². The van der Waals surface area contributed by atoms with Crippen molar-refractivity contribution in [3.8, 4) is 22.8 Å². The number of rotatable bonds is 7. The Morgan fingerprint density at radius 3 is 2.49 bits per heavy atom. The smallest absolute Gasteiger partial charge is 0.496 e. The second-order valence-electron chi connectivity index (χ2n) is 9.34. The lowest BCUT2D eigenvalue weighted by molar-refractivity contribution is -0.274. The molecule has 0 N–H and O–H groups in total. The highest BCUT2D eigenvalue weighted by molar-refractivity contribution is 5.85. The minimum Gasteiger partial charge on any atom is -0.496 e. The average molecular weight is 520 g/mol. The van der Waals surface area contributed by atoms with Gasteiger partial charge in [-0.2, -0.15) is 0 Å². The number of hydrogen-bond donors (Lipinski definition) is 0. The van der Waals surface area contributed by atoms with E-state index in [9.17, 15) is 18.0 Å². The number of fused-ring (bicyclic) bond motifs is 1. The highest BCUT2D eigenvalue weighted by Gasteiger charge is 2.31. The molecule has 0 bridgehead atoms. The van der Waals surface area contributed by atoms with Gasteiger partial charge in [0.2, 0.25) is 0 Å². The Hall–Kier alpha value is -3.43. The van der Waals surface area contributed by atoms with Crippen LogP contribution >= 0.6 is 0 Å². The predicted molar refractivity (Wildman–Crippen MR) is 134 cm³/mol. The molecule has 1 atom stereocenters. The number of carbonyl (C=O) groups is 1. The fourth-order valence-corrected chi connectivity index (χ4v) is 4.79. The van der Waals surface area contributed by atoms with Crippen LogP contribution in [0.5, 0.6) is 11.5 Å². The number of alkyl halides is 3. The van der Waals surface area contributed by atoms with E-state index < -0.39 is 6.36 Å². The molecule has 4 rings (SSSR count). The first-order chi connectivity index (χ1) is 17.6. The van der Waals surface area contributed by atoms with E-state index in [1.807, 2.05) is 33.0 Å². The molecule has 0 aliphatic carbocycles. The first kappa shape index (κ1) is 26.6. The van der Waals surface area contributed by atoms with Gasteiger partial charge in [-0.25, -0.2) is 9.78 Å². The van der Waals surface area contributed by atoms with Gasteiger partial charge in [0.15, 0.2) is 0 Å². The number of carbonyl (C=O) groups excluding carboxylic acids is 1. The molecule has 200 valence electrons. The molecule has 0 radical (unpaired) electrons. The van der Waals surface area contributed by atoms with Crippen LogP contribution in [-0.4, -0.2) is 53.7 Å². The molecule has 1 fully saturated rings. The average Bonchev–Trinajstić information content (AvgIpc) is 3.18. The molecule has 1 aliphatic rings. The van der Waals surface area contributed by atoms with Crippen molar-refractivity contribution in [2.24, 2.45) is 0 Å². The van der Waals surface area contributed by atoms with Crippen LogP contribution in [0, 0.1) is 13.8 Å². The summed E-state index contributed by atoms with van der Waals surface area (Å²) in [5.41, 5.74) is 4.59. The number of halogens is 3. The SMILES string of the molecule is CC[C@@H](COC(=O)N1CCCCC1)n1cc(C)c2nc(-c3ccc(OC(F)(F)F)cc3OC)c(C)cc21. The lowest BCUT2D eigenvalue weighted by Gasteiger charge is -2.27. The molecule has 10 heteroatoms. The first-order valence-corrected chi connectivity index (χ1v) is 12.5. The van der Waals surface area contributed by atoms with Gasteiger partial charge >= 0.3 is 12.5 Å². The molecule has 7 nitrogen and oxygen atoms in total. The Morgan fingerprint density at radius 2 is 1.84 bits per heavy atom. The van der Waals surface area contributed by atoms with E-state index in [4.69, 9.17) is 14.5 Å². The number of aromatic nitrogens is 2. The number of aryl methyl sites for hydroxylation is 2. The molecule has 1 aromatic carbocycles. The Bertz CT molecular complexity index is 1270. The van der Waals surface area contributed by atoms with E-state index in [2.05, 4.69) is 9.30 Å². The standard InChI is InChI=1S/C27H32F3N3O4/c1-5-19(16-36-26(34)32-11-7-6-8-12-32)33-15-18(3)25-22(33)13-17(2)24(31-25)21-10-9-20(14-23(21)35-4)37-27(28,29)30/h9-10,13-15,19H,5-8,11-12,16H2,1-4H3/t19-/m0/s1. The van der Waals surface area contributed by atoms with Gasteiger partial charge in [-0.1, -0.05) is 6.92 Å².